The Hall–Kier alpha value is -0.910. The van der Waals surface area contributed by atoms with Gasteiger partial charge in [0.2, 0.25) is 0 Å². The standard InChI is InChI=1S/C9H18N2O3S/c1-6(5-15-4)11(3)9(14)10-7(2)8(12)13/h6-7H,5H2,1-4H3,(H,10,14)(H,12,13)/t6?,7-/m0/s1. The van der Waals surface area contributed by atoms with E-state index in [-0.39, 0.29) is 12.1 Å². The second-order valence-corrected chi connectivity index (χ2v) is 4.34. The van der Waals surface area contributed by atoms with Crippen molar-refractivity contribution in [3.8, 4) is 0 Å². The van der Waals surface area contributed by atoms with E-state index in [1.54, 1.807) is 18.8 Å². The van der Waals surface area contributed by atoms with Crippen LogP contribution < -0.4 is 5.32 Å². The van der Waals surface area contributed by atoms with E-state index in [9.17, 15) is 9.59 Å². The molecule has 0 saturated heterocycles. The molecule has 0 radical (unpaired) electrons. The molecule has 1 unspecified atom stereocenters. The summed E-state index contributed by atoms with van der Waals surface area (Å²) in [5.41, 5.74) is 0. The Balaban J connectivity index is 4.14. The highest BCUT2D eigenvalue weighted by molar-refractivity contribution is 7.98. The van der Waals surface area contributed by atoms with Crippen molar-refractivity contribution in [2.75, 3.05) is 19.1 Å². The van der Waals surface area contributed by atoms with Crippen molar-refractivity contribution in [2.24, 2.45) is 0 Å². The molecule has 15 heavy (non-hydrogen) atoms. The van der Waals surface area contributed by atoms with Crippen LogP contribution in [0.25, 0.3) is 0 Å². The summed E-state index contributed by atoms with van der Waals surface area (Å²) in [5, 5.41) is 11.0. The van der Waals surface area contributed by atoms with Gasteiger partial charge in [0, 0.05) is 18.8 Å². The molecule has 0 aliphatic heterocycles. The molecule has 0 rings (SSSR count). The summed E-state index contributed by atoms with van der Waals surface area (Å²) in [6.07, 6.45) is 1.96. The fourth-order valence-corrected chi connectivity index (χ4v) is 1.61. The van der Waals surface area contributed by atoms with Gasteiger partial charge in [-0.25, -0.2) is 4.79 Å². The minimum atomic E-state index is -1.03. The van der Waals surface area contributed by atoms with Crippen LogP contribution in [0.15, 0.2) is 0 Å². The van der Waals surface area contributed by atoms with Crippen molar-refractivity contribution in [2.45, 2.75) is 25.9 Å². The van der Waals surface area contributed by atoms with E-state index in [1.165, 1.54) is 11.8 Å². The molecule has 0 fully saturated rings. The second-order valence-electron chi connectivity index (χ2n) is 3.42. The van der Waals surface area contributed by atoms with Crippen LogP contribution in [0.3, 0.4) is 0 Å². The van der Waals surface area contributed by atoms with Crippen molar-refractivity contribution >= 4 is 23.8 Å². The van der Waals surface area contributed by atoms with Crippen LogP contribution >= 0.6 is 11.8 Å². The number of carboxylic acids is 1. The number of nitrogens with zero attached hydrogens (tertiary/aromatic N) is 1. The summed E-state index contributed by atoms with van der Waals surface area (Å²) in [7, 11) is 1.66. The molecule has 2 N–H and O–H groups in total. The molecular formula is C9H18N2O3S. The van der Waals surface area contributed by atoms with E-state index >= 15 is 0 Å². The maximum atomic E-state index is 11.5. The first-order valence-corrected chi connectivity index (χ1v) is 6.04. The minimum absolute atomic E-state index is 0.0843. The molecule has 0 aliphatic rings. The van der Waals surface area contributed by atoms with Gasteiger partial charge < -0.3 is 15.3 Å². The molecule has 5 nitrogen and oxygen atoms in total. The summed E-state index contributed by atoms with van der Waals surface area (Å²) in [6, 6.07) is -1.13. The Labute approximate surface area is 94.2 Å². The summed E-state index contributed by atoms with van der Waals surface area (Å²) >= 11 is 1.64. The molecule has 0 aromatic carbocycles. The van der Waals surface area contributed by atoms with Gasteiger partial charge in [0.25, 0.3) is 0 Å². The molecule has 0 aliphatic carbocycles. The number of hydrogen-bond acceptors (Lipinski definition) is 3. The summed E-state index contributed by atoms with van der Waals surface area (Å²) in [4.78, 5) is 23.5. The van der Waals surface area contributed by atoms with Crippen LogP contribution in [-0.4, -0.2) is 53.1 Å². The average Bonchev–Trinajstić information content (AvgIpc) is 2.16. The predicted octanol–water partition coefficient (Wildman–Crippen LogP) is 0.852. The van der Waals surface area contributed by atoms with E-state index in [0.717, 1.165) is 5.75 Å². The monoisotopic (exact) mass is 234 g/mol. The third-order valence-electron chi connectivity index (χ3n) is 2.10. The first-order valence-electron chi connectivity index (χ1n) is 4.65. The zero-order valence-corrected chi connectivity index (χ0v) is 10.3. The Morgan fingerprint density at radius 3 is 2.40 bits per heavy atom. The number of carbonyl (C=O) groups excluding carboxylic acids is 1. The number of thioether (sulfide) groups is 1. The number of urea groups is 1. The van der Waals surface area contributed by atoms with Gasteiger partial charge >= 0.3 is 12.0 Å². The maximum Gasteiger partial charge on any atom is 0.325 e. The smallest absolute Gasteiger partial charge is 0.325 e. The number of aliphatic carboxylic acids is 1. The number of hydrogen-bond donors (Lipinski definition) is 2. The van der Waals surface area contributed by atoms with Gasteiger partial charge in [-0.05, 0) is 20.1 Å². The van der Waals surface area contributed by atoms with E-state index in [4.69, 9.17) is 5.11 Å². The van der Waals surface area contributed by atoms with E-state index in [0.29, 0.717) is 0 Å². The van der Waals surface area contributed by atoms with Gasteiger partial charge in [0.15, 0.2) is 0 Å². The maximum absolute atomic E-state index is 11.5. The highest BCUT2D eigenvalue weighted by atomic mass is 32.2. The number of rotatable bonds is 5. The molecule has 0 spiro atoms. The van der Waals surface area contributed by atoms with E-state index < -0.39 is 12.0 Å². The topological polar surface area (TPSA) is 69.6 Å². The van der Waals surface area contributed by atoms with Crippen LogP contribution in [-0.2, 0) is 4.79 Å². The van der Waals surface area contributed by atoms with Gasteiger partial charge in [-0.2, -0.15) is 11.8 Å². The molecule has 0 saturated carbocycles. The Bertz CT molecular complexity index is 235. The molecule has 0 aromatic rings. The summed E-state index contributed by atoms with van der Waals surface area (Å²) < 4.78 is 0. The van der Waals surface area contributed by atoms with Gasteiger partial charge in [0.05, 0.1) is 0 Å². The SMILES string of the molecule is CSCC(C)N(C)C(=O)N[C@@H](C)C(=O)O. The molecule has 88 valence electrons. The third kappa shape index (κ3) is 4.92. The van der Waals surface area contributed by atoms with E-state index in [2.05, 4.69) is 5.32 Å². The van der Waals surface area contributed by atoms with Crippen LogP contribution in [0.5, 0.6) is 0 Å². The summed E-state index contributed by atoms with van der Waals surface area (Å²) in [6.45, 7) is 3.36. The number of amides is 2. The second kappa shape index (κ2) is 6.55. The van der Waals surface area contributed by atoms with Gasteiger partial charge in [0.1, 0.15) is 6.04 Å². The molecule has 0 heterocycles. The van der Waals surface area contributed by atoms with Crippen molar-refractivity contribution < 1.29 is 14.7 Å². The zero-order valence-electron chi connectivity index (χ0n) is 9.48. The zero-order chi connectivity index (χ0) is 12.0. The number of carboxylic acid groups (broad SMARTS) is 1. The van der Waals surface area contributed by atoms with Gasteiger partial charge in [-0.3, -0.25) is 4.79 Å². The molecular weight excluding hydrogens is 216 g/mol. The highest BCUT2D eigenvalue weighted by Gasteiger charge is 2.19. The molecule has 2 atom stereocenters. The lowest BCUT2D eigenvalue weighted by molar-refractivity contribution is -0.138. The van der Waals surface area contributed by atoms with Crippen molar-refractivity contribution in [3.63, 3.8) is 0 Å². The van der Waals surface area contributed by atoms with Crippen molar-refractivity contribution in [3.05, 3.63) is 0 Å². The first kappa shape index (κ1) is 14.1. The minimum Gasteiger partial charge on any atom is -0.480 e. The lowest BCUT2D eigenvalue weighted by Gasteiger charge is -2.25. The summed E-state index contributed by atoms with van der Waals surface area (Å²) in [5.74, 6) is -0.208. The third-order valence-corrected chi connectivity index (χ3v) is 2.92. The van der Waals surface area contributed by atoms with Crippen molar-refractivity contribution in [1.82, 2.24) is 10.2 Å². The average molecular weight is 234 g/mol. The van der Waals surface area contributed by atoms with E-state index in [1.807, 2.05) is 13.2 Å². The normalized spacial score (nSPS) is 14.1. The molecule has 6 heteroatoms. The van der Waals surface area contributed by atoms with Gasteiger partial charge in [-0.15, -0.1) is 0 Å². The lowest BCUT2D eigenvalue weighted by atomic mass is 10.3. The van der Waals surface area contributed by atoms with Crippen molar-refractivity contribution in [1.29, 1.82) is 0 Å². The molecule has 0 bridgehead atoms. The number of carbonyl (C=O) groups is 2. The quantitative estimate of drug-likeness (QED) is 0.740. The Morgan fingerprint density at radius 2 is 2.00 bits per heavy atom. The van der Waals surface area contributed by atoms with Crippen LogP contribution in [0.1, 0.15) is 13.8 Å². The first-order chi connectivity index (χ1) is 6.90. The lowest BCUT2D eigenvalue weighted by Crippen LogP contribution is -2.48. The Morgan fingerprint density at radius 1 is 1.47 bits per heavy atom. The molecule has 0 aromatic heterocycles. The van der Waals surface area contributed by atoms with Gasteiger partial charge in [-0.1, -0.05) is 0 Å². The fraction of sp³-hybridized carbons (Fsp3) is 0.778. The Kier molecular flexibility index (Phi) is 6.15. The highest BCUT2D eigenvalue weighted by Crippen LogP contribution is 2.03. The molecule has 2 amide bonds. The predicted molar refractivity (Wildman–Crippen MR) is 61.2 cm³/mol. The van der Waals surface area contributed by atoms with Crippen LogP contribution in [0, 0.1) is 0 Å². The largest absolute Gasteiger partial charge is 0.480 e. The fourth-order valence-electron chi connectivity index (χ4n) is 0.902. The van der Waals surface area contributed by atoms with Crippen LogP contribution in [0.4, 0.5) is 4.79 Å². The van der Waals surface area contributed by atoms with Crippen LogP contribution in [0.2, 0.25) is 0 Å². The number of nitrogens with one attached hydrogen (secondary N) is 1.